The Morgan fingerprint density at radius 1 is 1.10 bits per heavy atom. The third kappa shape index (κ3) is 3.44. The lowest BCUT2D eigenvalue weighted by Crippen LogP contribution is -2.06. The molecule has 4 aromatic rings. The molecule has 0 amide bonds. The molecule has 0 saturated carbocycles. The Bertz CT molecular complexity index is 1200. The van der Waals surface area contributed by atoms with Crippen LogP contribution in [0.25, 0.3) is 33.4 Å². The van der Waals surface area contributed by atoms with Crippen molar-refractivity contribution < 1.29 is 22.3 Å². The van der Waals surface area contributed by atoms with Crippen LogP contribution in [0, 0.1) is 5.82 Å². The summed E-state index contributed by atoms with van der Waals surface area (Å²) in [4.78, 5) is 3.09. The lowest BCUT2D eigenvalue weighted by molar-refractivity contribution is -0.141. The van der Waals surface area contributed by atoms with Gasteiger partial charge in [0.2, 0.25) is 0 Å². The van der Waals surface area contributed by atoms with Crippen molar-refractivity contribution in [2.45, 2.75) is 6.18 Å². The van der Waals surface area contributed by atoms with Gasteiger partial charge in [0.15, 0.2) is 5.69 Å². The van der Waals surface area contributed by atoms with E-state index >= 15 is 0 Å². The van der Waals surface area contributed by atoms with E-state index in [9.17, 15) is 17.6 Å². The van der Waals surface area contributed by atoms with Crippen LogP contribution in [-0.4, -0.2) is 21.9 Å². The van der Waals surface area contributed by atoms with Crippen LogP contribution in [0.4, 0.5) is 17.6 Å². The standard InChI is InChI=1S/C20H14ClF4N3O/c1-28-17(9-18(27-28)20(23,24)25)10-3-4-15-11(5-10)6-16(26-15)19-13(21)7-12(29-2)8-14(19)22/h3-9,26H,1-2H3. The van der Waals surface area contributed by atoms with Crippen molar-refractivity contribution in [3.05, 3.63) is 59.0 Å². The number of benzene rings is 2. The summed E-state index contributed by atoms with van der Waals surface area (Å²) in [5.41, 5.74) is 1.23. The van der Waals surface area contributed by atoms with Gasteiger partial charge in [-0.3, -0.25) is 4.68 Å². The number of nitrogens with one attached hydrogen (secondary N) is 1. The first-order valence-electron chi connectivity index (χ1n) is 8.45. The zero-order chi connectivity index (χ0) is 20.9. The Labute approximate surface area is 167 Å². The Kier molecular flexibility index (Phi) is 4.53. The maximum atomic E-state index is 14.5. The summed E-state index contributed by atoms with van der Waals surface area (Å²) in [7, 11) is 2.86. The molecule has 1 N–H and O–H groups in total. The summed E-state index contributed by atoms with van der Waals surface area (Å²) in [6.07, 6.45) is -4.52. The number of nitrogens with zero attached hydrogens (tertiary/aromatic N) is 2. The first-order valence-corrected chi connectivity index (χ1v) is 8.83. The van der Waals surface area contributed by atoms with Gasteiger partial charge in [-0.2, -0.15) is 18.3 Å². The van der Waals surface area contributed by atoms with Gasteiger partial charge in [0.05, 0.1) is 29.1 Å². The first kappa shape index (κ1) is 19.3. The van der Waals surface area contributed by atoms with Crippen LogP contribution in [0.1, 0.15) is 5.69 Å². The highest BCUT2D eigenvalue weighted by Gasteiger charge is 2.34. The lowest BCUT2D eigenvalue weighted by atomic mass is 10.1. The van der Waals surface area contributed by atoms with Gasteiger partial charge >= 0.3 is 6.18 Å². The average Bonchev–Trinajstić information content (AvgIpc) is 3.23. The summed E-state index contributed by atoms with van der Waals surface area (Å²) in [5.74, 6) is -0.256. The summed E-state index contributed by atoms with van der Waals surface area (Å²) in [6, 6.07) is 10.5. The number of methoxy groups -OCH3 is 1. The largest absolute Gasteiger partial charge is 0.497 e. The van der Waals surface area contributed by atoms with Crippen molar-refractivity contribution in [2.75, 3.05) is 7.11 Å². The number of fused-ring (bicyclic) bond motifs is 1. The molecule has 0 bridgehead atoms. The number of hydrogen-bond acceptors (Lipinski definition) is 2. The van der Waals surface area contributed by atoms with E-state index in [1.54, 1.807) is 24.3 Å². The quantitative estimate of drug-likeness (QED) is 0.407. The van der Waals surface area contributed by atoms with Crippen molar-refractivity contribution in [3.8, 4) is 28.3 Å². The monoisotopic (exact) mass is 423 g/mol. The Morgan fingerprint density at radius 3 is 2.48 bits per heavy atom. The average molecular weight is 424 g/mol. The first-order chi connectivity index (χ1) is 13.7. The molecule has 2 aromatic carbocycles. The molecule has 0 aliphatic carbocycles. The zero-order valence-electron chi connectivity index (χ0n) is 15.2. The van der Waals surface area contributed by atoms with Crippen molar-refractivity contribution in [1.29, 1.82) is 0 Å². The van der Waals surface area contributed by atoms with Crippen LogP contribution in [0.15, 0.2) is 42.5 Å². The van der Waals surface area contributed by atoms with Gasteiger partial charge in [-0.1, -0.05) is 17.7 Å². The van der Waals surface area contributed by atoms with Crippen molar-refractivity contribution >= 4 is 22.5 Å². The van der Waals surface area contributed by atoms with E-state index in [4.69, 9.17) is 16.3 Å². The highest BCUT2D eigenvalue weighted by Crippen LogP contribution is 2.37. The fourth-order valence-corrected chi connectivity index (χ4v) is 3.53. The summed E-state index contributed by atoms with van der Waals surface area (Å²) in [6.45, 7) is 0. The van der Waals surface area contributed by atoms with Crippen LogP contribution in [0.2, 0.25) is 5.02 Å². The Hall–Kier alpha value is -3.00. The number of aromatic nitrogens is 3. The number of halogens is 5. The summed E-state index contributed by atoms with van der Waals surface area (Å²) >= 11 is 6.21. The lowest BCUT2D eigenvalue weighted by Gasteiger charge is -2.06. The number of alkyl halides is 3. The van der Waals surface area contributed by atoms with Crippen LogP contribution >= 0.6 is 11.6 Å². The molecule has 4 nitrogen and oxygen atoms in total. The van der Waals surface area contributed by atoms with E-state index in [1.165, 1.54) is 31.0 Å². The van der Waals surface area contributed by atoms with Crippen molar-refractivity contribution in [2.24, 2.45) is 7.05 Å². The van der Waals surface area contributed by atoms with Crippen LogP contribution in [0.3, 0.4) is 0 Å². The number of aryl methyl sites for hydroxylation is 1. The molecule has 0 saturated heterocycles. The molecule has 0 atom stereocenters. The molecule has 0 unspecified atom stereocenters. The van der Waals surface area contributed by atoms with E-state index in [1.807, 2.05) is 0 Å². The van der Waals surface area contributed by atoms with Gasteiger partial charge in [-0.05, 0) is 30.3 Å². The topological polar surface area (TPSA) is 42.8 Å². The smallest absolute Gasteiger partial charge is 0.435 e. The second-order valence-electron chi connectivity index (χ2n) is 6.49. The normalized spacial score (nSPS) is 12.0. The van der Waals surface area contributed by atoms with E-state index in [0.29, 0.717) is 33.6 Å². The second-order valence-corrected chi connectivity index (χ2v) is 6.89. The van der Waals surface area contributed by atoms with E-state index in [-0.39, 0.29) is 10.6 Å². The molecular formula is C20H14ClF4N3O. The van der Waals surface area contributed by atoms with Gasteiger partial charge in [0, 0.05) is 29.6 Å². The molecule has 4 rings (SSSR count). The number of hydrogen-bond donors (Lipinski definition) is 1. The molecule has 0 fully saturated rings. The molecule has 29 heavy (non-hydrogen) atoms. The number of aromatic amines is 1. The summed E-state index contributed by atoms with van der Waals surface area (Å²) in [5, 5.41) is 4.40. The van der Waals surface area contributed by atoms with Gasteiger partial charge in [-0.15, -0.1) is 0 Å². The predicted octanol–water partition coefficient (Wildman–Crippen LogP) is 6.06. The highest BCUT2D eigenvalue weighted by molar-refractivity contribution is 6.33. The van der Waals surface area contributed by atoms with E-state index in [0.717, 1.165) is 6.07 Å². The number of rotatable bonds is 3. The predicted molar refractivity (Wildman–Crippen MR) is 102 cm³/mol. The molecule has 0 aliphatic heterocycles. The van der Waals surface area contributed by atoms with E-state index in [2.05, 4.69) is 10.1 Å². The number of H-pyrrole nitrogens is 1. The Balaban J connectivity index is 1.79. The van der Waals surface area contributed by atoms with Gasteiger partial charge in [0.25, 0.3) is 0 Å². The van der Waals surface area contributed by atoms with Crippen molar-refractivity contribution in [3.63, 3.8) is 0 Å². The maximum absolute atomic E-state index is 14.5. The van der Waals surface area contributed by atoms with Crippen molar-refractivity contribution in [1.82, 2.24) is 14.8 Å². The van der Waals surface area contributed by atoms with Crippen LogP contribution < -0.4 is 4.74 Å². The molecule has 0 radical (unpaired) electrons. The van der Waals surface area contributed by atoms with Gasteiger partial charge in [0.1, 0.15) is 11.6 Å². The molecule has 9 heteroatoms. The second kappa shape index (κ2) is 6.81. The highest BCUT2D eigenvalue weighted by atomic mass is 35.5. The minimum atomic E-state index is -4.52. The van der Waals surface area contributed by atoms with Gasteiger partial charge < -0.3 is 9.72 Å². The molecule has 2 aromatic heterocycles. The SMILES string of the molecule is COc1cc(F)c(-c2cc3cc(-c4cc(C(F)(F)F)nn4C)ccc3[nH]2)c(Cl)c1. The third-order valence-corrected chi connectivity index (χ3v) is 4.91. The third-order valence-electron chi connectivity index (χ3n) is 4.61. The minimum absolute atomic E-state index is 0.176. The van der Waals surface area contributed by atoms with Crippen LogP contribution in [0.5, 0.6) is 5.75 Å². The van der Waals surface area contributed by atoms with Crippen LogP contribution in [-0.2, 0) is 13.2 Å². The maximum Gasteiger partial charge on any atom is 0.435 e. The fourth-order valence-electron chi connectivity index (χ4n) is 3.23. The summed E-state index contributed by atoms with van der Waals surface area (Å²) < 4.78 is 59.5. The number of ether oxygens (including phenoxy) is 1. The zero-order valence-corrected chi connectivity index (χ0v) is 16.0. The molecule has 2 heterocycles. The fraction of sp³-hybridized carbons (Fsp3) is 0.150. The minimum Gasteiger partial charge on any atom is -0.497 e. The molecule has 150 valence electrons. The molecular weight excluding hydrogens is 410 g/mol. The molecule has 0 aliphatic rings. The molecule has 0 spiro atoms. The van der Waals surface area contributed by atoms with Gasteiger partial charge in [-0.25, -0.2) is 4.39 Å². The Morgan fingerprint density at radius 2 is 1.86 bits per heavy atom. The van der Waals surface area contributed by atoms with E-state index < -0.39 is 17.7 Å².